The molecule has 1 N–H and O–H groups in total. The van der Waals surface area contributed by atoms with Gasteiger partial charge in [-0.3, -0.25) is 4.40 Å². The van der Waals surface area contributed by atoms with Crippen LogP contribution in [0.15, 0.2) is 58.6 Å². The van der Waals surface area contributed by atoms with Crippen molar-refractivity contribution in [1.82, 2.24) is 19.4 Å². The zero-order valence-corrected chi connectivity index (χ0v) is 13.8. The van der Waals surface area contributed by atoms with Gasteiger partial charge in [-0.05, 0) is 18.2 Å². The number of hydrogen-bond donors (Lipinski definition) is 1. The van der Waals surface area contributed by atoms with E-state index in [1.165, 1.54) is 12.5 Å². The summed E-state index contributed by atoms with van der Waals surface area (Å²) in [4.78, 5) is 12.4. The lowest BCUT2D eigenvalue weighted by atomic mass is 10.1. The molecule has 1 aromatic carbocycles. The van der Waals surface area contributed by atoms with Crippen molar-refractivity contribution >= 4 is 15.7 Å². The summed E-state index contributed by atoms with van der Waals surface area (Å²) in [5, 5.41) is 9.48. The highest BCUT2D eigenvalue weighted by Gasteiger charge is 2.21. The summed E-state index contributed by atoms with van der Waals surface area (Å²) in [6.07, 6.45) is 5.56. The first-order valence-corrected chi connectivity index (χ1v) is 9.11. The predicted molar refractivity (Wildman–Crippen MR) is 88.7 cm³/mol. The Morgan fingerprint density at radius 1 is 1.20 bits per heavy atom. The molecule has 0 unspecified atom stereocenters. The highest BCUT2D eigenvalue weighted by molar-refractivity contribution is 7.90. The van der Waals surface area contributed by atoms with E-state index in [-0.39, 0.29) is 10.9 Å². The summed E-state index contributed by atoms with van der Waals surface area (Å²) in [6.45, 7) is 0. The molecule has 0 spiro atoms. The molecule has 3 heterocycles. The van der Waals surface area contributed by atoms with Crippen LogP contribution in [0.2, 0.25) is 0 Å². The van der Waals surface area contributed by atoms with Crippen molar-refractivity contribution in [2.45, 2.75) is 5.16 Å². The third kappa shape index (κ3) is 2.64. The quantitative estimate of drug-likeness (QED) is 0.560. The maximum atomic E-state index is 11.8. The standard InChI is InChI=1S/C16H12N4O4S/c1-25(22,23)15-17-6-5-12(18-15)14-13(10-3-2-4-11(21)9-10)19-16-20(14)7-8-24-16/h2-9,21H,1H3. The van der Waals surface area contributed by atoms with Gasteiger partial charge in [-0.15, -0.1) is 0 Å². The maximum absolute atomic E-state index is 11.8. The van der Waals surface area contributed by atoms with Crippen LogP contribution in [-0.2, 0) is 9.84 Å². The largest absolute Gasteiger partial charge is 0.508 e. The van der Waals surface area contributed by atoms with Gasteiger partial charge < -0.3 is 9.52 Å². The SMILES string of the molecule is CS(=O)(=O)c1nccc(-c2c(-c3cccc(O)c3)nc3occn23)n1. The van der Waals surface area contributed by atoms with Crippen molar-refractivity contribution in [2.24, 2.45) is 0 Å². The first-order chi connectivity index (χ1) is 11.9. The fourth-order valence-electron chi connectivity index (χ4n) is 2.54. The van der Waals surface area contributed by atoms with Gasteiger partial charge in [0, 0.05) is 24.2 Å². The predicted octanol–water partition coefficient (Wildman–Crippen LogP) is 2.16. The van der Waals surface area contributed by atoms with Crippen LogP contribution in [0.5, 0.6) is 5.75 Å². The molecule has 8 nitrogen and oxygen atoms in total. The van der Waals surface area contributed by atoms with E-state index in [2.05, 4.69) is 15.0 Å². The number of rotatable bonds is 3. The Morgan fingerprint density at radius 2 is 2.04 bits per heavy atom. The van der Waals surface area contributed by atoms with E-state index in [1.807, 2.05) is 0 Å². The lowest BCUT2D eigenvalue weighted by molar-refractivity contribution is 0.475. The Balaban J connectivity index is 2.01. The summed E-state index contributed by atoms with van der Waals surface area (Å²) in [5.74, 6) is 0.417. The van der Waals surface area contributed by atoms with Crippen LogP contribution in [0.25, 0.3) is 28.5 Å². The van der Waals surface area contributed by atoms with Crippen LogP contribution in [-0.4, -0.2) is 39.1 Å². The molecular weight excluding hydrogens is 344 g/mol. The molecule has 4 rings (SSSR count). The molecule has 3 aromatic heterocycles. The van der Waals surface area contributed by atoms with Gasteiger partial charge in [0.05, 0.1) is 5.69 Å². The number of fused-ring (bicyclic) bond motifs is 1. The average molecular weight is 356 g/mol. The van der Waals surface area contributed by atoms with Crippen molar-refractivity contribution in [3.05, 3.63) is 49.0 Å². The summed E-state index contributed by atoms with van der Waals surface area (Å²) in [6, 6.07) is 8.18. The van der Waals surface area contributed by atoms with Gasteiger partial charge in [-0.2, -0.15) is 4.98 Å². The first kappa shape index (κ1) is 15.3. The Labute approximate surface area is 142 Å². The molecule has 0 bridgehead atoms. The molecule has 126 valence electrons. The van der Waals surface area contributed by atoms with E-state index in [4.69, 9.17) is 4.42 Å². The molecule has 0 saturated heterocycles. The van der Waals surface area contributed by atoms with E-state index in [9.17, 15) is 13.5 Å². The number of aromatic nitrogens is 4. The van der Waals surface area contributed by atoms with Crippen LogP contribution in [0.1, 0.15) is 0 Å². The molecule has 0 aliphatic rings. The maximum Gasteiger partial charge on any atom is 0.306 e. The molecule has 0 atom stereocenters. The number of benzene rings is 1. The number of nitrogens with zero attached hydrogens (tertiary/aromatic N) is 4. The van der Waals surface area contributed by atoms with E-state index in [1.54, 1.807) is 40.9 Å². The van der Waals surface area contributed by atoms with Crippen LogP contribution >= 0.6 is 0 Å². The molecule has 0 saturated carbocycles. The second-order valence-electron chi connectivity index (χ2n) is 5.41. The zero-order valence-electron chi connectivity index (χ0n) is 13.0. The summed E-state index contributed by atoms with van der Waals surface area (Å²) in [5.41, 5.74) is 2.08. The van der Waals surface area contributed by atoms with Crippen molar-refractivity contribution in [3.8, 4) is 28.4 Å². The van der Waals surface area contributed by atoms with E-state index < -0.39 is 9.84 Å². The second-order valence-corrected chi connectivity index (χ2v) is 7.32. The van der Waals surface area contributed by atoms with Crippen LogP contribution < -0.4 is 0 Å². The van der Waals surface area contributed by atoms with Crippen molar-refractivity contribution < 1.29 is 17.9 Å². The van der Waals surface area contributed by atoms with E-state index in [0.29, 0.717) is 28.5 Å². The van der Waals surface area contributed by atoms with E-state index >= 15 is 0 Å². The topological polar surface area (TPSA) is 111 Å². The van der Waals surface area contributed by atoms with Crippen LogP contribution in [0.4, 0.5) is 0 Å². The Hall–Kier alpha value is -3.20. The van der Waals surface area contributed by atoms with Gasteiger partial charge in [0.25, 0.3) is 0 Å². The minimum absolute atomic E-state index is 0.0904. The normalized spacial score (nSPS) is 11.9. The number of sulfone groups is 1. The van der Waals surface area contributed by atoms with Gasteiger partial charge >= 0.3 is 5.84 Å². The van der Waals surface area contributed by atoms with Gasteiger partial charge in [0.2, 0.25) is 15.0 Å². The average Bonchev–Trinajstić information content (AvgIpc) is 3.14. The van der Waals surface area contributed by atoms with E-state index in [0.717, 1.165) is 6.26 Å². The van der Waals surface area contributed by atoms with Crippen LogP contribution in [0.3, 0.4) is 0 Å². The smallest absolute Gasteiger partial charge is 0.306 e. The number of phenols is 1. The monoisotopic (exact) mass is 356 g/mol. The number of oxazole rings is 1. The Kier molecular flexibility index (Phi) is 3.32. The highest BCUT2D eigenvalue weighted by Crippen LogP contribution is 2.33. The second kappa shape index (κ2) is 5.42. The van der Waals surface area contributed by atoms with Crippen molar-refractivity contribution in [3.63, 3.8) is 0 Å². The van der Waals surface area contributed by atoms with Gasteiger partial charge in [-0.25, -0.2) is 18.4 Å². The molecule has 0 fully saturated rings. The minimum Gasteiger partial charge on any atom is -0.508 e. The van der Waals surface area contributed by atoms with Crippen LogP contribution in [0, 0.1) is 0 Å². The molecule has 0 amide bonds. The van der Waals surface area contributed by atoms with Gasteiger partial charge in [-0.1, -0.05) is 12.1 Å². The lowest BCUT2D eigenvalue weighted by Crippen LogP contribution is -2.05. The molecule has 9 heteroatoms. The summed E-state index contributed by atoms with van der Waals surface area (Å²) in [7, 11) is -3.56. The molecule has 0 radical (unpaired) electrons. The van der Waals surface area contributed by atoms with Crippen molar-refractivity contribution in [2.75, 3.05) is 6.26 Å². The molecule has 25 heavy (non-hydrogen) atoms. The fourth-order valence-corrected chi connectivity index (χ4v) is 3.05. The number of aromatic hydroxyl groups is 1. The first-order valence-electron chi connectivity index (χ1n) is 7.22. The molecular formula is C16H12N4O4S. The fraction of sp³-hybridized carbons (Fsp3) is 0.0625. The summed E-state index contributed by atoms with van der Waals surface area (Å²) < 4.78 is 30.5. The minimum atomic E-state index is -3.56. The molecule has 0 aliphatic heterocycles. The third-order valence-corrected chi connectivity index (χ3v) is 4.45. The third-order valence-electron chi connectivity index (χ3n) is 3.59. The van der Waals surface area contributed by atoms with Gasteiger partial charge in [0.15, 0.2) is 0 Å². The molecule has 4 aromatic rings. The lowest BCUT2D eigenvalue weighted by Gasteiger charge is -2.05. The zero-order chi connectivity index (χ0) is 17.6. The van der Waals surface area contributed by atoms with Crippen molar-refractivity contribution in [1.29, 1.82) is 0 Å². The highest BCUT2D eigenvalue weighted by atomic mass is 32.2. The van der Waals surface area contributed by atoms with Gasteiger partial charge in [0.1, 0.15) is 23.4 Å². The number of imidazole rings is 1. The summed E-state index contributed by atoms with van der Waals surface area (Å²) >= 11 is 0. The number of hydrogen-bond acceptors (Lipinski definition) is 7. The Morgan fingerprint density at radius 3 is 2.80 bits per heavy atom. The number of phenolic OH excluding ortho intramolecular Hbond substituents is 1. The Bertz CT molecular complexity index is 1190. The molecule has 0 aliphatic carbocycles.